The van der Waals surface area contributed by atoms with Crippen LogP contribution in [-0.4, -0.2) is 196 Å². The Bertz CT molecular complexity index is 3050. The molecule has 0 aromatic heterocycles. The van der Waals surface area contributed by atoms with Crippen LogP contribution in [0, 0.1) is 0 Å². The normalized spacial score (nSPS) is 14.4. The average Bonchev–Trinajstić information content (AvgIpc) is 3.63. The summed E-state index contributed by atoms with van der Waals surface area (Å²) in [4.78, 5) is 120. The Labute approximate surface area is 515 Å². The third-order valence-electron chi connectivity index (χ3n) is 12.0. The molecule has 0 aliphatic carbocycles. The van der Waals surface area contributed by atoms with E-state index in [0.29, 0.717) is 22.5 Å². The standard InChI is InChI=1S/C56H80N10O19S3/c1-35(68)46(63-48(71)42(62-55(78)85-56(4,5)6)20-14-15-25-57-54(77)84-26-28-87(7,79)80)51(74)59-43(30-38-16-10-8-11-17-38)49(72)64-47(36(2)69)52(75)60-44(31-67)50(73)61-45(32-86-34-58-37(3)70)53(76)83-27-29-88(81,82)33-39-21-23-41(24-22-39)66-65-40-18-12-9-13-19-40/h8-13,16-19,21-24,35-36,42-47,67-69H,14-15,20,25-34H2,1-7H3,(H,57,77)(H,58,70)(H,59,74)(H,60,75)(H,61,73)(H,62,78)(H,63,71)(H,64,72)/t35-,36-,42+,43+,44+,45+,46+,47+/m1/s1. The van der Waals surface area contributed by atoms with Gasteiger partial charge in [0.1, 0.15) is 55.1 Å². The van der Waals surface area contributed by atoms with Crippen LogP contribution in [0.4, 0.5) is 21.0 Å². The van der Waals surface area contributed by atoms with E-state index in [0.717, 1.165) is 31.9 Å². The summed E-state index contributed by atoms with van der Waals surface area (Å²) < 4.78 is 64.3. The van der Waals surface area contributed by atoms with Gasteiger partial charge in [-0.1, -0.05) is 60.7 Å². The number of rotatable bonds is 36. The number of nitrogens with zero attached hydrogens (tertiary/aromatic N) is 2. The molecular formula is C56H80N10O19S3. The predicted molar refractivity (Wildman–Crippen MR) is 323 cm³/mol. The quantitative estimate of drug-likeness (QED) is 0.0125. The molecule has 0 heterocycles. The molecule has 0 aliphatic heterocycles. The number of amides is 8. The van der Waals surface area contributed by atoms with E-state index in [9.17, 15) is 75.3 Å². The number of esters is 1. The molecule has 0 fully saturated rings. The topological polar surface area (TPSA) is 431 Å². The number of azo groups is 1. The monoisotopic (exact) mass is 1290 g/mol. The number of ether oxygens (including phenoxy) is 3. The molecule has 88 heavy (non-hydrogen) atoms. The molecule has 0 aliphatic rings. The lowest BCUT2D eigenvalue weighted by molar-refractivity contribution is -0.147. The van der Waals surface area contributed by atoms with Crippen LogP contribution < -0.4 is 42.5 Å². The number of unbranched alkanes of at least 4 members (excludes halogenated alkanes) is 1. The minimum Gasteiger partial charge on any atom is -0.463 e. The van der Waals surface area contributed by atoms with Crippen LogP contribution in [0.3, 0.4) is 0 Å². The SMILES string of the molecule is CC(=O)NCSC[C@H](NC(=O)[C@H](CO)NC(=O)[C@@H](NC(=O)[C@H](Cc1ccccc1)NC(=O)[C@@H](NC(=O)[C@H](CCCCNC(=O)OCCS(C)(=O)=O)NC(=O)OC(C)(C)C)[C@@H](C)O)[C@@H](C)O)C(=O)OCCS(=O)(=O)Cc1ccc(N=Nc2ccccc2)cc1. The number of alkyl carbamates (subject to hydrolysis) is 2. The number of hydrogen-bond donors (Lipinski definition) is 11. The van der Waals surface area contributed by atoms with Gasteiger partial charge in [0.05, 0.1) is 53.3 Å². The van der Waals surface area contributed by atoms with Crippen molar-refractivity contribution in [2.75, 3.05) is 55.8 Å². The number of nitrogens with one attached hydrogen (secondary N) is 8. The first-order valence-electron chi connectivity index (χ1n) is 27.7. The Balaban J connectivity index is 1.74. The summed E-state index contributed by atoms with van der Waals surface area (Å²) in [5.41, 5.74) is 0.967. The molecule has 0 radical (unpaired) electrons. The fourth-order valence-electron chi connectivity index (χ4n) is 7.55. The smallest absolute Gasteiger partial charge is 0.408 e. The first kappa shape index (κ1) is 74.5. The predicted octanol–water partition coefficient (Wildman–Crippen LogP) is 0.642. The summed E-state index contributed by atoms with van der Waals surface area (Å²) in [5.74, 6) is -8.87. The second-order valence-electron chi connectivity index (χ2n) is 21.1. The zero-order chi connectivity index (χ0) is 65.6. The van der Waals surface area contributed by atoms with E-state index in [4.69, 9.17) is 14.2 Å². The van der Waals surface area contributed by atoms with Gasteiger partial charge < -0.3 is 72.1 Å². The van der Waals surface area contributed by atoms with Gasteiger partial charge in [0, 0.05) is 31.9 Å². The molecule has 0 unspecified atom stereocenters. The van der Waals surface area contributed by atoms with E-state index in [-0.39, 0.29) is 56.2 Å². The van der Waals surface area contributed by atoms with Gasteiger partial charge in [-0.2, -0.15) is 10.2 Å². The molecule has 0 bridgehead atoms. The van der Waals surface area contributed by atoms with E-state index in [1.54, 1.807) is 99.6 Å². The van der Waals surface area contributed by atoms with Crippen molar-refractivity contribution in [1.82, 2.24) is 42.5 Å². The van der Waals surface area contributed by atoms with Crippen LogP contribution >= 0.6 is 11.8 Å². The Hall–Kier alpha value is -7.78. The van der Waals surface area contributed by atoms with Gasteiger partial charge in [-0.3, -0.25) is 28.8 Å². The van der Waals surface area contributed by atoms with Crippen molar-refractivity contribution in [2.24, 2.45) is 10.2 Å². The molecule has 0 saturated carbocycles. The third-order valence-corrected chi connectivity index (χ3v) is 15.4. The summed E-state index contributed by atoms with van der Waals surface area (Å²) in [6, 6.07) is 13.2. The van der Waals surface area contributed by atoms with Crippen LogP contribution in [0.25, 0.3) is 0 Å². The lowest BCUT2D eigenvalue weighted by atomic mass is 10.0. The van der Waals surface area contributed by atoms with E-state index in [1.807, 2.05) is 6.07 Å². The molecule has 3 aromatic rings. The highest BCUT2D eigenvalue weighted by Gasteiger charge is 2.37. The zero-order valence-corrected chi connectivity index (χ0v) is 52.3. The molecule has 0 saturated heterocycles. The van der Waals surface area contributed by atoms with Crippen molar-refractivity contribution in [2.45, 2.75) is 127 Å². The molecular weight excluding hydrogens is 1210 g/mol. The molecule has 32 heteroatoms. The fourth-order valence-corrected chi connectivity index (χ4v) is 10.00. The first-order chi connectivity index (χ1) is 41.3. The van der Waals surface area contributed by atoms with Crippen LogP contribution in [0.1, 0.15) is 71.9 Å². The van der Waals surface area contributed by atoms with Crippen LogP contribution in [0.2, 0.25) is 0 Å². The summed E-state index contributed by atoms with van der Waals surface area (Å²) in [6.45, 7) is 6.13. The van der Waals surface area contributed by atoms with Gasteiger partial charge in [-0.15, -0.1) is 11.8 Å². The molecule has 29 nitrogen and oxygen atoms in total. The number of thioether (sulfide) groups is 1. The van der Waals surface area contributed by atoms with Gasteiger partial charge in [-0.05, 0) is 89.3 Å². The molecule has 0 spiro atoms. The number of aliphatic hydroxyl groups excluding tert-OH is 3. The third kappa shape index (κ3) is 30.2. The zero-order valence-electron chi connectivity index (χ0n) is 49.9. The molecule has 3 aromatic carbocycles. The van der Waals surface area contributed by atoms with Crippen molar-refractivity contribution < 1.29 is 89.5 Å². The summed E-state index contributed by atoms with van der Waals surface area (Å²) in [5, 5.41) is 59.4. The van der Waals surface area contributed by atoms with Gasteiger partial charge in [0.15, 0.2) is 19.7 Å². The Morgan fingerprint density at radius 1 is 0.591 bits per heavy atom. The summed E-state index contributed by atoms with van der Waals surface area (Å²) in [7, 11) is -7.26. The van der Waals surface area contributed by atoms with Crippen molar-refractivity contribution in [1.29, 1.82) is 0 Å². The maximum atomic E-state index is 14.2. The largest absolute Gasteiger partial charge is 0.463 e. The average molecular weight is 1290 g/mol. The highest BCUT2D eigenvalue weighted by molar-refractivity contribution is 7.99. The Morgan fingerprint density at radius 2 is 1.11 bits per heavy atom. The second-order valence-corrected chi connectivity index (χ2v) is 26.6. The second kappa shape index (κ2) is 37.2. The number of aliphatic hydroxyl groups is 3. The number of carbonyl (C=O) groups excluding carboxylic acids is 9. The maximum absolute atomic E-state index is 14.2. The molecule has 8 atom stereocenters. The van der Waals surface area contributed by atoms with Crippen molar-refractivity contribution in [3.63, 3.8) is 0 Å². The highest BCUT2D eigenvalue weighted by atomic mass is 32.2. The minimum absolute atomic E-state index is 0.0160. The summed E-state index contributed by atoms with van der Waals surface area (Å²) in [6.07, 6.45) is -4.29. The van der Waals surface area contributed by atoms with Gasteiger partial charge in [0.2, 0.25) is 35.4 Å². The minimum atomic E-state index is -3.88. The molecule has 11 N–H and O–H groups in total. The lowest BCUT2D eigenvalue weighted by Gasteiger charge is -2.29. The van der Waals surface area contributed by atoms with Gasteiger partial charge >= 0.3 is 18.2 Å². The molecule has 3 rings (SSSR count). The number of benzene rings is 3. The van der Waals surface area contributed by atoms with Crippen LogP contribution in [-0.2, 0) is 79.6 Å². The van der Waals surface area contributed by atoms with Crippen molar-refractivity contribution >= 4 is 96.4 Å². The van der Waals surface area contributed by atoms with E-state index in [2.05, 4.69) is 52.8 Å². The lowest BCUT2D eigenvalue weighted by Crippen LogP contribution is -2.63. The van der Waals surface area contributed by atoms with Gasteiger partial charge in [-0.25, -0.2) is 31.2 Å². The van der Waals surface area contributed by atoms with Crippen LogP contribution in [0.5, 0.6) is 0 Å². The number of carbonyl (C=O) groups is 9. The number of sulfone groups is 2. The molecule has 486 valence electrons. The Morgan fingerprint density at radius 3 is 1.66 bits per heavy atom. The summed E-state index contributed by atoms with van der Waals surface area (Å²) >= 11 is 0.957. The van der Waals surface area contributed by atoms with E-state index >= 15 is 0 Å². The maximum Gasteiger partial charge on any atom is 0.408 e. The fraction of sp³-hybridized carbons (Fsp3) is 0.518. The van der Waals surface area contributed by atoms with Crippen molar-refractivity contribution in [3.05, 3.63) is 96.1 Å². The number of hydrogen-bond acceptors (Lipinski definition) is 22. The van der Waals surface area contributed by atoms with E-state index in [1.165, 1.54) is 6.92 Å². The first-order valence-corrected chi connectivity index (χ1v) is 32.7. The van der Waals surface area contributed by atoms with Crippen molar-refractivity contribution in [3.8, 4) is 0 Å². The molecule has 8 amide bonds. The van der Waals surface area contributed by atoms with E-state index < -0.39 is 152 Å². The van der Waals surface area contributed by atoms with Crippen LogP contribution in [0.15, 0.2) is 95.2 Å². The highest BCUT2D eigenvalue weighted by Crippen LogP contribution is 2.20. The Kier molecular flexibility index (Phi) is 31.4. The van der Waals surface area contributed by atoms with Gasteiger partial charge in [0.25, 0.3) is 0 Å².